The Morgan fingerprint density at radius 3 is 2.16 bits per heavy atom. The fourth-order valence-electron chi connectivity index (χ4n) is 3.81. The molecule has 1 saturated heterocycles. The molecule has 1 aliphatic heterocycles. The summed E-state index contributed by atoms with van der Waals surface area (Å²) >= 11 is 0. The van der Waals surface area contributed by atoms with Crippen LogP contribution >= 0.6 is 0 Å². The average Bonchev–Trinajstić information content (AvgIpc) is 3.05. The van der Waals surface area contributed by atoms with Crippen molar-refractivity contribution >= 4 is 17.8 Å². The maximum atomic E-state index is 13.5. The summed E-state index contributed by atoms with van der Waals surface area (Å²) in [7, 11) is 0. The second kappa shape index (κ2) is 9.01. The van der Waals surface area contributed by atoms with Gasteiger partial charge in [0.2, 0.25) is 5.91 Å². The number of nitrogens with one attached hydrogen (secondary N) is 2. The molecule has 0 aromatic heterocycles. The van der Waals surface area contributed by atoms with Crippen LogP contribution in [0, 0.1) is 5.82 Å². The van der Waals surface area contributed by atoms with Gasteiger partial charge in [-0.2, -0.15) is 0 Å². The number of carbonyl (C=O) groups excluding carboxylic acids is 3. The van der Waals surface area contributed by atoms with Crippen LogP contribution in [0.1, 0.15) is 16.7 Å². The van der Waals surface area contributed by atoms with E-state index in [2.05, 4.69) is 10.6 Å². The van der Waals surface area contributed by atoms with Crippen molar-refractivity contribution in [2.45, 2.75) is 18.5 Å². The molecule has 1 atom stereocenters. The number of halogens is 1. The molecule has 4 amide bonds. The Hall–Kier alpha value is -4.00. The molecule has 1 aliphatic rings. The third-order valence-corrected chi connectivity index (χ3v) is 5.46. The Balaban J connectivity index is 1.53. The van der Waals surface area contributed by atoms with Crippen LogP contribution in [-0.2, 0) is 28.1 Å². The molecule has 2 N–H and O–H groups in total. The highest BCUT2D eigenvalue weighted by atomic mass is 19.1. The average molecular weight is 431 g/mol. The summed E-state index contributed by atoms with van der Waals surface area (Å²) in [6.45, 7) is -0.244. The summed E-state index contributed by atoms with van der Waals surface area (Å²) in [6.07, 6.45) is 0.260. The molecule has 1 heterocycles. The predicted molar refractivity (Wildman–Crippen MR) is 117 cm³/mol. The van der Waals surface area contributed by atoms with Crippen molar-refractivity contribution in [1.82, 2.24) is 15.5 Å². The van der Waals surface area contributed by atoms with Gasteiger partial charge >= 0.3 is 6.03 Å². The van der Waals surface area contributed by atoms with Crippen LogP contribution in [0.15, 0.2) is 84.9 Å². The van der Waals surface area contributed by atoms with Crippen LogP contribution in [0.2, 0.25) is 0 Å². The van der Waals surface area contributed by atoms with Crippen LogP contribution < -0.4 is 10.6 Å². The number of hydrogen-bond acceptors (Lipinski definition) is 3. The van der Waals surface area contributed by atoms with Crippen molar-refractivity contribution in [2.24, 2.45) is 0 Å². The molecule has 6 nitrogen and oxygen atoms in total. The van der Waals surface area contributed by atoms with Crippen LogP contribution in [0.25, 0.3) is 0 Å². The van der Waals surface area contributed by atoms with Crippen LogP contribution in [-0.4, -0.2) is 29.3 Å². The number of imide groups is 1. The molecule has 32 heavy (non-hydrogen) atoms. The molecular formula is C25H22FN3O3. The topological polar surface area (TPSA) is 78.5 Å². The number of amides is 4. The molecule has 4 rings (SSSR count). The fourth-order valence-corrected chi connectivity index (χ4v) is 3.81. The summed E-state index contributed by atoms with van der Waals surface area (Å²) in [5, 5.41) is 5.50. The van der Waals surface area contributed by atoms with E-state index in [9.17, 15) is 18.8 Å². The molecule has 0 spiro atoms. The first-order valence-electron chi connectivity index (χ1n) is 10.2. The van der Waals surface area contributed by atoms with Crippen molar-refractivity contribution in [3.8, 4) is 0 Å². The van der Waals surface area contributed by atoms with E-state index in [1.165, 1.54) is 12.1 Å². The van der Waals surface area contributed by atoms with Crippen LogP contribution in [0.5, 0.6) is 0 Å². The third-order valence-electron chi connectivity index (χ3n) is 5.46. The van der Waals surface area contributed by atoms with Gasteiger partial charge in [-0.15, -0.1) is 0 Å². The lowest BCUT2D eigenvalue weighted by Gasteiger charge is -2.27. The van der Waals surface area contributed by atoms with E-state index in [4.69, 9.17) is 0 Å². The zero-order valence-electron chi connectivity index (χ0n) is 17.3. The molecule has 0 unspecified atom stereocenters. The number of carbonyl (C=O) groups is 3. The van der Waals surface area contributed by atoms with Gasteiger partial charge in [-0.3, -0.25) is 14.5 Å². The maximum Gasteiger partial charge on any atom is 0.325 e. The lowest BCUT2D eigenvalue weighted by Crippen LogP contribution is -2.46. The minimum atomic E-state index is -1.29. The molecule has 1 fully saturated rings. The summed E-state index contributed by atoms with van der Waals surface area (Å²) in [5.74, 6) is -1.33. The first-order chi connectivity index (χ1) is 15.5. The SMILES string of the molecule is O=C(CN1C(=O)N[C@](Cc2ccccc2)(c2ccccc2)C1=O)NCc1ccc(F)cc1. The number of nitrogens with zero attached hydrogens (tertiary/aromatic N) is 1. The Kier molecular flexibility index (Phi) is 5.98. The van der Waals surface area contributed by atoms with Crippen molar-refractivity contribution in [3.63, 3.8) is 0 Å². The summed E-state index contributed by atoms with van der Waals surface area (Å²) in [6, 6.07) is 23.5. The summed E-state index contributed by atoms with van der Waals surface area (Å²) in [4.78, 5) is 39.7. The molecule has 7 heteroatoms. The second-order valence-corrected chi connectivity index (χ2v) is 7.66. The minimum Gasteiger partial charge on any atom is -0.350 e. The quantitative estimate of drug-likeness (QED) is 0.564. The minimum absolute atomic E-state index is 0.163. The van der Waals surface area contributed by atoms with Gasteiger partial charge in [0.15, 0.2) is 5.54 Å². The van der Waals surface area contributed by atoms with E-state index in [0.717, 1.165) is 10.5 Å². The lowest BCUT2D eigenvalue weighted by atomic mass is 9.83. The number of benzene rings is 3. The monoisotopic (exact) mass is 431 g/mol. The van der Waals surface area contributed by atoms with E-state index < -0.39 is 29.9 Å². The molecule has 0 radical (unpaired) electrons. The highest BCUT2D eigenvalue weighted by Gasteiger charge is 2.52. The van der Waals surface area contributed by atoms with Crippen LogP contribution in [0.4, 0.5) is 9.18 Å². The van der Waals surface area contributed by atoms with E-state index >= 15 is 0 Å². The fraction of sp³-hybridized carbons (Fsp3) is 0.160. The van der Waals surface area contributed by atoms with Gasteiger partial charge in [0.25, 0.3) is 5.91 Å². The Morgan fingerprint density at radius 2 is 1.50 bits per heavy atom. The zero-order valence-corrected chi connectivity index (χ0v) is 17.3. The highest BCUT2D eigenvalue weighted by Crippen LogP contribution is 2.32. The molecule has 162 valence electrons. The lowest BCUT2D eigenvalue weighted by molar-refractivity contribution is -0.135. The number of hydrogen-bond donors (Lipinski definition) is 2. The van der Waals surface area contributed by atoms with E-state index in [-0.39, 0.29) is 18.8 Å². The zero-order chi connectivity index (χ0) is 22.6. The second-order valence-electron chi connectivity index (χ2n) is 7.66. The predicted octanol–water partition coefficient (Wildman–Crippen LogP) is 3.13. The van der Waals surface area contributed by atoms with E-state index in [1.54, 1.807) is 36.4 Å². The van der Waals surface area contributed by atoms with Gasteiger partial charge in [-0.1, -0.05) is 72.8 Å². The smallest absolute Gasteiger partial charge is 0.325 e. The largest absolute Gasteiger partial charge is 0.350 e. The van der Waals surface area contributed by atoms with Crippen molar-refractivity contribution in [2.75, 3.05) is 6.54 Å². The molecule has 0 bridgehead atoms. The number of urea groups is 1. The Labute approximate surface area is 185 Å². The first-order valence-corrected chi connectivity index (χ1v) is 10.2. The van der Waals surface area contributed by atoms with Gasteiger partial charge in [0.05, 0.1) is 0 Å². The van der Waals surface area contributed by atoms with Gasteiger partial charge in [0, 0.05) is 13.0 Å². The van der Waals surface area contributed by atoms with Gasteiger partial charge in [-0.25, -0.2) is 9.18 Å². The molecule has 0 aliphatic carbocycles. The maximum absolute atomic E-state index is 13.5. The van der Waals surface area contributed by atoms with Gasteiger partial charge in [-0.05, 0) is 28.8 Å². The van der Waals surface area contributed by atoms with Crippen molar-refractivity contribution in [3.05, 3.63) is 107 Å². The van der Waals surface area contributed by atoms with E-state index in [0.29, 0.717) is 11.1 Å². The Bertz CT molecular complexity index is 1120. The summed E-state index contributed by atoms with van der Waals surface area (Å²) < 4.78 is 13.0. The molecular weight excluding hydrogens is 409 g/mol. The first kappa shape index (κ1) is 21.2. The molecule has 3 aromatic rings. The van der Waals surface area contributed by atoms with Gasteiger partial charge in [0.1, 0.15) is 12.4 Å². The van der Waals surface area contributed by atoms with Gasteiger partial charge < -0.3 is 10.6 Å². The molecule has 3 aromatic carbocycles. The van der Waals surface area contributed by atoms with E-state index in [1.807, 2.05) is 36.4 Å². The van der Waals surface area contributed by atoms with Crippen molar-refractivity contribution < 1.29 is 18.8 Å². The normalized spacial score (nSPS) is 17.8. The standard InChI is InChI=1S/C25H22FN3O3/c26-21-13-11-19(12-14-21)16-27-22(30)17-29-23(31)25(28-24(29)32,20-9-5-2-6-10-20)15-18-7-3-1-4-8-18/h1-14H,15-17H2,(H,27,30)(H,28,32)/t25-/m1/s1. The summed E-state index contributed by atoms with van der Waals surface area (Å²) in [5.41, 5.74) is 0.945. The number of rotatable bonds is 7. The van der Waals surface area contributed by atoms with Crippen molar-refractivity contribution in [1.29, 1.82) is 0 Å². The highest BCUT2D eigenvalue weighted by molar-refractivity contribution is 6.09. The third kappa shape index (κ3) is 4.37. The van der Waals surface area contributed by atoms with Crippen LogP contribution in [0.3, 0.4) is 0 Å². The molecule has 0 saturated carbocycles. The Morgan fingerprint density at radius 1 is 0.875 bits per heavy atom.